The molecule has 6 rings (SSSR count). The van der Waals surface area contributed by atoms with Gasteiger partial charge < -0.3 is 20.4 Å². The number of carbonyl (C=O) groups is 4. The van der Waals surface area contributed by atoms with E-state index in [9.17, 15) is 32.3 Å². The molecule has 12 nitrogen and oxygen atoms in total. The fourth-order valence-corrected chi connectivity index (χ4v) is 5.68. The van der Waals surface area contributed by atoms with Gasteiger partial charge in [-0.1, -0.05) is 6.07 Å². The van der Waals surface area contributed by atoms with Crippen LogP contribution >= 0.6 is 0 Å². The van der Waals surface area contributed by atoms with Crippen LogP contribution in [0.1, 0.15) is 39.1 Å². The van der Waals surface area contributed by atoms with E-state index in [1.807, 2.05) is 9.80 Å². The third-order valence-electron chi connectivity index (χ3n) is 7.98. The van der Waals surface area contributed by atoms with Gasteiger partial charge in [-0.25, -0.2) is 4.98 Å². The van der Waals surface area contributed by atoms with Gasteiger partial charge in [-0.2, -0.15) is 18.2 Å². The SMILES string of the molecule is O=C1CCC(N2C(=O)c3cccc(NCCNc4ccnc(N5CCN(c6ccc(C(F)(F)F)cc6)CC5)n4)c3C2=O)C(=O)N1. The molecular weight excluding hydrogens is 593 g/mol. The number of nitrogens with one attached hydrogen (secondary N) is 3. The Bertz CT molecular complexity index is 1640. The van der Waals surface area contributed by atoms with Crippen molar-refractivity contribution < 1.29 is 32.3 Å². The number of halogens is 3. The van der Waals surface area contributed by atoms with Gasteiger partial charge in [0.25, 0.3) is 11.8 Å². The molecule has 234 valence electrons. The lowest BCUT2D eigenvalue weighted by atomic mass is 10.0. The Balaban J connectivity index is 1.02. The maximum atomic E-state index is 13.3. The lowest BCUT2D eigenvalue weighted by Gasteiger charge is -2.36. The summed E-state index contributed by atoms with van der Waals surface area (Å²) in [5.41, 5.74) is 0.890. The lowest BCUT2D eigenvalue weighted by Crippen LogP contribution is -2.54. The minimum atomic E-state index is -4.37. The highest BCUT2D eigenvalue weighted by Gasteiger charge is 2.45. The Hall–Kier alpha value is -5.21. The summed E-state index contributed by atoms with van der Waals surface area (Å²) in [6.07, 6.45) is -2.60. The highest BCUT2D eigenvalue weighted by molar-refractivity contribution is 6.25. The molecule has 2 aromatic carbocycles. The second-order valence-corrected chi connectivity index (χ2v) is 10.8. The summed E-state index contributed by atoms with van der Waals surface area (Å²) in [6.45, 7) is 3.17. The zero-order valence-corrected chi connectivity index (χ0v) is 23.9. The molecule has 4 amide bonds. The smallest absolute Gasteiger partial charge is 0.383 e. The van der Waals surface area contributed by atoms with Gasteiger partial charge in [-0.3, -0.25) is 29.4 Å². The number of imide groups is 2. The summed E-state index contributed by atoms with van der Waals surface area (Å²) in [5.74, 6) is -1.14. The van der Waals surface area contributed by atoms with Crippen LogP contribution in [0, 0.1) is 0 Å². The number of aromatic nitrogens is 2. The van der Waals surface area contributed by atoms with Gasteiger partial charge in [-0.05, 0) is 48.9 Å². The van der Waals surface area contributed by atoms with E-state index in [1.54, 1.807) is 24.4 Å². The molecule has 1 atom stereocenters. The number of rotatable bonds is 8. The molecule has 3 aromatic rings. The number of benzene rings is 2. The number of fused-ring (bicyclic) bond motifs is 1. The van der Waals surface area contributed by atoms with E-state index >= 15 is 0 Å². The fourth-order valence-electron chi connectivity index (χ4n) is 5.68. The highest BCUT2D eigenvalue weighted by Crippen LogP contribution is 2.33. The number of hydrogen-bond acceptors (Lipinski definition) is 10. The van der Waals surface area contributed by atoms with Gasteiger partial charge in [0.15, 0.2) is 0 Å². The molecule has 4 heterocycles. The zero-order chi connectivity index (χ0) is 31.7. The van der Waals surface area contributed by atoms with Crippen molar-refractivity contribution in [3.05, 3.63) is 71.4 Å². The van der Waals surface area contributed by atoms with Crippen LogP contribution in [0.5, 0.6) is 0 Å². The normalized spacial score (nSPS) is 18.6. The molecule has 1 unspecified atom stereocenters. The minimum Gasteiger partial charge on any atom is -0.383 e. The molecule has 15 heteroatoms. The minimum absolute atomic E-state index is 0.0459. The van der Waals surface area contributed by atoms with Crippen LogP contribution in [0.4, 0.5) is 36.3 Å². The van der Waals surface area contributed by atoms with Crippen LogP contribution in [-0.4, -0.2) is 83.8 Å². The standard InChI is InChI=1S/C30H29F3N8O4/c31-30(32,33)18-4-6-19(7-5-18)39-14-16-40(17-15-39)29-36-11-10-23(37-29)35-13-12-34-21-3-1-2-20-25(21)28(45)41(27(20)44)22-8-9-24(42)38-26(22)43/h1-7,10-11,22,34H,8-9,12-17H2,(H,35,36,37)(H,38,42,43). The van der Waals surface area contributed by atoms with E-state index in [-0.39, 0.29) is 24.0 Å². The van der Waals surface area contributed by atoms with Crippen molar-refractivity contribution >= 4 is 46.8 Å². The van der Waals surface area contributed by atoms with Gasteiger partial charge in [0.1, 0.15) is 11.9 Å². The van der Waals surface area contributed by atoms with Crippen LogP contribution < -0.4 is 25.8 Å². The Labute approximate surface area is 255 Å². The molecule has 0 spiro atoms. The first kappa shape index (κ1) is 29.8. The Morgan fingerprint density at radius 3 is 2.29 bits per heavy atom. The van der Waals surface area contributed by atoms with Crippen LogP contribution in [0.3, 0.4) is 0 Å². The lowest BCUT2D eigenvalue weighted by molar-refractivity contribution is -0.138. The molecule has 0 radical (unpaired) electrons. The molecule has 0 saturated carbocycles. The monoisotopic (exact) mass is 622 g/mol. The van der Waals surface area contributed by atoms with Crippen LogP contribution in [0.2, 0.25) is 0 Å². The molecule has 2 fully saturated rings. The fraction of sp³-hybridized carbons (Fsp3) is 0.333. The molecule has 2 saturated heterocycles. The number of carbonyl (C=O) groups excluding carboxylic acids is 4. The molecule has 1 aromatic heterocycles. The average Bonchev–Trinajstić information content (AvgIpc) is 3.29. The number of anilines is 4. The first-order valence-electron chi connectivity index (χ1n) is 14.4. The summed E-state index contributed by atoms with van der Waals surface area (Å²) >= 11 is 0. The Kier molecular flexibility index (Phi) is 7.99. The third kappa shape index (κ3) is 6.10. The van der Waals surface area contributed by atoms with Crippen molar-refractivity contribution in [1.29, 1.82) is 0 Å². The van der Waals surface area contributed by atoms with Gasteiger partial charge in [-0.15, -0.1) is 0 Å². The van der Waals surface area contributed by atoms with E-state index in [0.29, 0.717) is 56.7 Å². The number of amides is 4. The predicted molar refractivity (Wildman–Crippen MR) is 158 cm³/mol. The molecule has 3 N–H and O–H groups in total. The number of nitrogens with zero attached hydrogens (tertiary/aromatic N) is 5. The Morgan fingerprint density at radius 2 is 1.58 bits per heavy atom. The summed E-state index contributed by atoms with van der Waals surface area (Å²) < 4.78 is 38.7. The summed E-state index contributed by atoms with van der Waals surface area (Å²) in [4.78, 5) is 64.1. The van der Waals surface area contributed by atoms with Crippen molar-refractivity contribution in [2.45, 2.75) is 25.1 Å². The van der Waals surface area contributed by atoms with Crippen LogP contribution in [0.25, 0.3) is 0 Å². The second kappa shape index (κ2) is 12.1. The molecule has 0 bridgehead atoms. The molecule has 45 heavy (non-hydrogen) atoms. The van der Waals surface area contributed by atoms with Crippen molar-refractivity contribution in [2.75, 3.05) is 59.7 Å². The van der Waals surface area contributed by atoms with E-state index in [0.717, 1.165) is 22.7 Å². The summed E-state index contributed by atoms with van der Waals surface area (Å²) in [5, 5.41) is 8.58. The van der Waals surface area contributed by atoms with Crippen molar-refractivity contribution in [1.82, 2.24) is 20.2 Å². The Morgan fingerprint density at radius 1 is 0.867 bits per heavy atom. The maximum absolute atomic E-state index is 13.3. The second-order valence-electron chi connectivity index (χ2n) is 10.8. The van der Waals surface area contributed by atoms with Gasteiger partial charge >= 0.3 is 6.18 Å². The van der Waals surface area contributed by atoms with Gasteiger partial charge in [0.05, 0.1) is 16.7 Å². The first-order chi connectivity index (χ1) is 21.6. The van der Waals surface area contributed by atoms with Crippen LogP contribution in [0.15, 0.2) is 54.7 Å². The van der Waals surface area contributed by atoms with E-state index in [4.69, 9.17) is 0 Å². The third-order valence-corrected chi connectivity index (χ3v) is 7.98. The number of hydrogen-bond donors (Lipinski definition) is 3. The molecule has 3 aliphatic heterocycles. The first-order valence-corrected chi connectivity index (χ1v) is 14.4. The van der Waals surface area contributed by atoms with E-state index < -0.39 is 41.4 Å². The largest absolute Gasteiger partial charge is 0.416 e. The van der Waals surface area contributed by atoms with Gasteiger partial charge in [0, 0.05) is 63.3 Å². The van der Waals surface area contributed by atoms with Crippen molar-refractivity contribution in [3.8, 4) is 0 Å². The summed E-state index contributed by atoms with van der Waals surface area (Å²) in [6, 6.07) is 10.7. The number of piperidine rings is 1. The average molecular weight is 623 g/mol. The van der Waals surface area contributed by atoms with Crippen molar-refractivity contribution in [3.63, 3.8) is 0 Å². The summed E-state index contributed by atoms with van der Waals surface area (Å²) in [7, 11) is 0. The molecular formula is C30H29F3N8O4. The number of alkyl halides is 3. The highest BCUT2D eigenvalue weighted by atomic mass is 19.4. The van der Waals surface area contributed by atoms with E-state index in [1.165, 1.54) is 18.2 Å². The zero-order valence-electron chi connectivity index (χ0n) is 23.9. The van der Waals surface area contributed by atoms with Gasteiger partial charge in [0.2, 0.25) is 17.8 Å². The van der Waals surface area contributed by atoms with E-state index in [2.05, 4.69) is 25.9 Å². The predicted octanol–water partition coefficient (Wildman–Crippen LogP) is 2.75. The molecule has 0 aliphatic carbocycles. The maximum Gasteiger partial charge on any atom is 0.416 e. The quantitative estimate of drug-likeness (QED) is 0.254. The van der Waals surface area contributed by atoms with Crippen molar-refractivity contribution in [2.24, 2.45) is 0 Å². The van der Waals surface area contributed by atoms with Crippen LogP contribution in [-0.2, 0) is 15.8 Å². The molecule has 3 aliphatic rings. The topological polar surface area (TPSA) is 140 Å². The number of piperazine rings is 1.